The second kappa shape index (κ2) is 7.55. The molecule has 0 bridgehead atoms. The monoisotopic (exact) mass is 303 g/mol. The van der Waals surface area contributed by atoms with Crippen molar-refractivity contribution in [3.63, 3.8) is 0 Å². The minimum absolute atomic E-state index is 0.143. The van der Waals surface area contributed by atoms with Gasteiger partial charge in [0.05, 0.1) is 0 Å². The standard InChI is InChI=1S/C16H16O4P/c1-12(17)10-13-2-6-15(7-3-13)19-11-14-4-8-16(9-5-14)20-21-18/h2-9,21H,10-11H2,1H3/q+1. The highest BCUT2D eigenvalue weighted by atomic mass is 31.1. The van der Waals surface area contributed by atoms with Gasteiger partial charge in [0.25, 0.3) is 0 Å². The molecule has 2 aromatic rings. The number of ketones is 1. The summed E-state index contributed by atoms with van der Waals surface area (Å²) in [6.45, 7) is 2.01. The molecule has 0 saturated carbocycles. The Kier molecular flexibility index (Phi) is 5.47. The molecule has 2 aromatic carbocycles. The summed E-state index contributed by atoms with van der Waals surface area (Å²) in [5, 5.41) is 0. The smallest absolute Gasteiger partial charge is 0.489 e. The highest BCUT2D eigenvalue weighted by Crippen LogP contribution is 2.18. The van der Waals surface area contributed by atoms with E-state index in [-0.39, 0.29) is 5.78 Å². The van der Waals surface area contributed by atoms with Gasteiger partial charge in [-0.1, -0.05) is 24.3 Å². The molecule has 108 valence electrons. The SMILES string of the molecule is CC(=O)Cc1ccc(OCc2ccc(O[PH+]=O)cc2)cc1. The third-order valence-corrected chi connectivity index (χ3v) is 3.18. The Morgan fingerprint density at radius 1 is 0.952 bits per heavy atom. The number of hydrogen-bond acceptors (Lipinski definition) is 4. The zero-order valence-corrected chi connectivity index (χ0v) is 12.7. The van der Waals surface area contributed by atoms with Crippen LogP contribution in [0.4, 0.5) is 0 Å². The van der Waals surface area contributed by atoms with Gasteiger partial charge in [0.1, 0.15) is 18.1 Å². The van der Waals surface area contributed by atoms with Crippen LogP contribution in [0.1, 0.15) is 18.1 Å². The molecule has 0 N–H and O–H groups in total. The Morgan fingerprint density at radius 3 is 2.10 bits per heavy atom. The summed E-state index contributed by atoms with van der Waals surface area (Å²) in [6.07, 6.45) is 0.447. The van der Waals surface area contributed by atoms with Crippen LogP contribution in [-0.4, -0.2) is 5.78 Å². The number of Topliss-reactive ketones (excluding diaryl/α,β-unsaturated/α-hetero) is 1. The van der Waals surface area contributed by atoms with E-state index in [1.165, 1.54) is 0 Å². The normalized spacial score (nSPS) is 10.3. The molecule has 21 heavy (non-hydrogen) atoms. The van der Waals surface area contributed by atoms with Gasteiger partial charge in [0.15, 0.2) is 5.75 Å². The third-order valence-electron chi connectivity index (χ3n) is 2.86. The second-order valence-electron chi connectivity index (χ2n) is 4.64. The lowest BCUT2D eigenvalue weighted by Crippen LogP contribution is -1.97. The van der Waals surface area contributed by atoms with Crippen LogP contribution in [0.2, 0.25) is 0 Å². The molecule has 0 aliphatic heterocycles. The van der Waals surface area contributed by atoms with Gasteiger partial charge in [-0.3, -0.25) is 9.32 Å². The predicted molar refractivity (Wildman–Crippen MR) is 81.2 cm³/mol. The predicted octanol–water partition coefficient (Wildman–Crippen LogP) is 3.71. The van der Waals surface area contributed by atoms with Crippen LogP contribution < -0.4 is 9.26 Å². The Hall–Kier alpha value is -2.19. The average molecular weight is 303 g/mol. The van der Waals surface area contributed by atoms with E-state index in [9.17, 15) is 9.36 Å². The summed E-state index contributed by atoms with van der Waals surface area (Å²) in [5.74, 6) is 1.47. The summed E-state index contributed by atoms with van der Waals surface area (Å²) >= 11 is 0. The number of hydrogen-bond donors (Lipinski definition) is 0. The highest BCUT2D eigenvalue weighted by molar-refractivity contribution is 7.17. The Morgan fingerprint density at radius 2 is 1.52 bits per heavy atom. The molecule has 0 fully saturated rings. The van der Waals surface area contributed by atoms with Crippen LogP contribution in [0.3, 0.4) is 0 Å². The first-order valence-corrected chi connectivity index (χ1v) is 7.33. The topological polar surface area (TPSA) is 52.6 Å². The van der Waals surface area contributed by atoms with Gasteiger partial charge in [-0.15, -0.1) is 0 Å². The van der Waals surface area contributed by atoms with Crippen molar-refractivity contribution in [2.24, 2.45) is 0 Å². The van der Waals surface area contributed by atoms with Crippen molar-refractivity contribution in [1.29, 1.82) is 0 Å². The fourth-order valence-corrected chi connectivity index (χ4v) is 2.09. The van der Waals surface area contributed by atoms with Gasteiger partial charge in [-0.05, 0) is 46.9 Å². The molecule has 1 atom stereocenters. The van der Waals surface area contributed by atoms with E-state index in [1.54, 1.807) is 19.1 Å². The van der Waals surface area contributed by atoms with Crippen molar-refractivity contribution in [2.75, 3.05) is 0 Å². The number of carbonyl (C=O) groups excluding carboxylic acids is 1. The molecule has 0 aliphatic carbocycles. The number of ether oxygens (including phenoxy) is 1. The maximum absolute atomic E-state index is 11.0. The molecule has 0 spiro atoms. The zero-order chi connectivity index (χ0) is 15.1. The molecule has 4 nitrogen and oxygen atoms in total. The lowest BCUT2D eigenvalue weighted by atomic mass is 10.1. The summed E-state index contributed by atoms with van der Waals surface area (Å²) in [5.41, 5.74) is 1.97. The van der Waals surface area contributed by atoms with Crippen LogP contribution in [0.15, 0.2) is 48.5 Å². The number of benzene rings is 2. The largest absolute Gasteiger partial charge is 0.542 e. The molecule has 0 radical (unpaired) electrons. The Labute approximate surface area is 125 Å². The van der Waals surface area contributed by atoms with E-state index in [0.29, 0.717) is 18.8 Å². The lowest BCUT2D eigenvalue weighted by Gasteiger charge is -2.07. The van der Waals surface area contributed by atoms with Crippen molar-refractivity contribution < 1.29 is 18.6 Å². The zero-order valence-electron chi connectivity index (χ0n) is 11.7. The summed E-state index contributed by atoms with van der Waals surface area (Å²) < 4.78 is 20.9. The van der Waals surface area contributed by atoms with Gasteiger partial charge < -0.3 is 4.74 Å². The Bertz CT molecular complexity index is 605. The van der Waals surface area contributed by atoms with Crippen LogP contribution in [0, 0.1) is 0 Å². The Balaban J connectivity index is 1.90. The third kappa shape index (κ3) is 5.01. The molecule has 5 heteroatoms. The first-order valence-electron chi connectivity index (χ1n) is 6.51. The summed E-state index contributed by atoms with van der Waals surface area (Å²) in [7, 11) is -0.798. The van der Waals surface area contributed by atoms with Crippen molar-refractivity contribution in [1.82, 2.24) is 0 Å². The quantitative estimate of drug-likeness (QED) is 0.732. The molecule has 0 aliphatic rings. The van der Waals surface area contributed by atoms with Crippen LogP contribution in [0.25, 0.3) is 0 Å². The van der Waals surface area contributed by atoms with Crippen molar-refractivity contribution in [2.45, 2.75) is 20.0 Å². The van der Waals surface area contributed by atoms with Gasteiger partial charge in [-0.25, -0.2) is 0 Å². The fraction of sp³-hybridized carbons (Fsp3) is 0.188. The van der Waals surface area contributed by atoms with Crippen LogP contribution >= 0.6 is 8.69 Å². The van der Waals surface area contributed by atoms with E-state index in [4.69, 9.17) is 9.26 Å². The van der Waals surface area contributed by atoms with Gasteiger partial charge in [-0.2, -0.15) is 0 Å². The van der Waals surface area contributed by atoms with E-state index in [1.807, 2.05) is 36.4 Å². The molecule has 1 unspecified atom stereocenters. The molecule has 0 aromatic heterocycles. The molecule has 0 heterocycles. The number of carbonyl (C=O) groups is 1. The van der Waals surface area contributed by atoms with Crippen molar-refractivity contribution in [3.8, 4) is 11.5 Å². The molecule has 0 saturated heterocycles. The lowest BCUT2D eigenvalue weighted by molar-refractivity contribution is -0.116. The molecular formula is C16H16O4P+. The fourth-order valence-electron chi connectivity index (χ4n) is 1.86. The van der Waals surface area contributed by atoms with Crippen molar-refractivity contribution in [3.05, 3.63) is 59.7 Å². The molecule has 2 rings (SSSR count). The van der Waals surface area contributed by atoms with Crippen LogP contribution in [-0.2, 0) is 22.4 Å². The van der Waals surface area contributed by atoms with Gasteiger partial charge in [0.2, 0.25) is 0 Å². The maximum Gasteiger partial charge on any atom is 0.542 e. The van der Waals surface area contributed by atoms with E-state index in [0.717, 1.165) is 16.9 Å². The minimum atomic E-state index is -0.798. The van der Waals surface area contributed by atoms with Gasteiger partial charge in [0, 0.05) is 6.42 Å². The maximum atomic E-state index is 11.0. The average Bonchev–Trinajstić information content (AvgIpc) is 2.48. The van der Waals surface area contributed by atoms with Crippen LogP contribution in [0.5, 0.6) is 11.5 Å². The molecular weight excluding hydrogens is 287 g/mol. The molecule has 0 amide bonds. The first kappa shape index (κ1) is 15.2. The van der Waals surface area contributed by atoms with E-state index < -0.39 is 8.69 Å². The van der Waals surface area contributed by atoms with E-state index in [2.05, 4.69) is 0 Å². The summed E-state index contributed by atoms with van der Waals surface area (Å²) in [6, 6.07) is 14.7. The second-order valence-corrected chi connectivity index (χ2v) is 5.01. The van der Waals surface area contributed by atoms with E-state index >= 15 is 0 Å². The highest BCUT2D eigenvalue weighted by Gasteiger charge is 2.01. The number of rotatable bonds is 7. The summed E-state index contributed by atoms with van der Waals surface area (Å²) in [4.78, 5) is 11.0. The first-order chi connectivity index (χ1) is 10.2. The van der Waals surface area contributed by atoms with Crippen molar-refractivity contribution >= 4 is 14.5 Å². The minimum Gasteiger partial charge on any atom is -0.489 e. The van der Waals surface area contributed by atoms with Gasteiger partial charge >= 0.3 is 8.69 Å².